The quantitative estimate of drug-likeness (QED) is 0.636. The molecule has 0 spiro atoms. The van der Waals surface area contributed by atoms with E-state index in [1.54, 1.807) is 11.3 Å². The lowest BCUT2D eigenvalue weighted by Gasteiger charge is -2.04. The number of hydrogen-bond donors (Lipinski definition) is 1. The summed E-state index contributed by atoms with van der Waals surface area (Å²) in [5.74, 6) is 0.103. The van der Waals surface area contributed by atoms with Gasteiger partial charge in [0.05, 0.1) is 12.2 Å². The number of aromatic nitrogens is 1. The van der Waals surface area contributed by atoms with Gasteiger partial charge >= 0.3 is 0 Å². The van der Waals surface area contributed by atoms with E-state index in [1.807, 2.05) is 37.3 Å². The van der Waals surface area contributed by atoms with Gasteiger partial charge in [-0.2, -0.15) is 0 Å². The number of nitrogens with zero attached hydrogens (tertiary/aromatic N) is 1. The second-order valence-corrected chi connectivity index (χ2v) is 7.54. The standard InChI is InChI=1S/C22H24N2OS/c1-16-9-6-7-13-19(16)22-24-17(2)20(26-22)15-23-21(25)14-8-12-18-10-4-3-5-11-18/h3-7,9-11,13H,8,12,14-15H2,1-2H3,(H,23,25). The molecule has 0 radical (unpaired) electrons. The van der Waals surface area contributed by atoms with Crippen molar-refractivity contribution in [2.24, 2.45) is 0 Å². The Morgan fingerprint density at radius 1 is 1.04 bits per heavy atom. The smallest absolute Gasteiger partial charge is 0.220 e. The van der Waals surface area contributed by atoms with Crippen LogP contribution in [0.2, 0.25) is 0 Å². The van der Waals surface area contributed by atoms with Gasteiger partial charge in [-0.25, -0.2) is 4.98 Å². The van der Waals surface area contributed by atoms with E-state index in [0.29, 0.717) is 13.0 Å². The van der Waals surface area contributed by atoms with Gasteiger partial charge in [0.25, 0.3) is 0 Å². The summed E-state index contributed by atoms with van der Waals surface area (Å²) < 4.78 is 0. The van der Waals surface area contributed by atoms with E-state index in [9.17, 15) is 4.79 Å². The Labute approximate surface area is 159 Å². The van der Waals surface area contributed by atoms with Crippen LogP contribution in [0.1, 0.15) is 34.5 Å². The van der Waals surface area contributed by atoms with E-state index in [1.165, 1.54) is 16.7 Å². The molecular weight excluding hydrogens is 340 g/mol. The minimum Gasteiger partial charge on any atom is -0.351 e. The maximum atomic E-state index is 12.1. The third-order valence-corrected chi connectivity index (χ3v) is 5.62. The van der Waals surface area contributed by atoms with Crippen molar-refractivity contribution in [3.8, 4) is 10.6 Å². The number of amides is 1. The van der Waals surface area contributed by atoms with Crippen LogP contribution in [0.4, 0.5) is 0 Å². The van der Waals surface area contributed by atoms with Crippen LogP contribution in [-0.2, 0) is 17.8 Å². The maximum Gasteiger partial charge on any atom is 0.220 e. The summed E-state index contributed by atoms with van der Waals surface area (Å²) in [6.07, 6.45) is 2.36. The first-order valence-corrected chi connectivity index (χ1v) is 9.78. The molecular formula is C22H24N2OS. The van der Waals surface area contributed by atoms with Crippen LogP contribution in [0.5, 0.6) is 0 Å². The predicted octanol–water partition coefficient (Wildman–Crippen LogP) is 5.07. The minimum atomic E-state index is 0.103. The van der Waals surface area contributed by atoms with Gasteiger partial charge < -0.3 is 5.32 Å². The van der Waals surface area contributed by atoms with Crippen molar-refractivity contribution in [2.75, 3.05) is 0 Å². The lowest BCUT2D eigenvalue weighted by Crippen LogP contribution is -2.22. The van der Waals surface area contributed by atoms with Crippen LogP contribution in [0.15, 0.2) is 54.6 Å². The maximum absolute atomic E-state index is 12.1. The molecule has 4 heteroatoms. The van der Waals surface area contributed by atoms with Crippen molar-refractivity contribution in [1.82, 2.24) is 10.3 Å². The summed E-state index contributed by atoms with van der Waals surface area (Å²) >= 11 is 1.66. The van der Waals surface area contributed by atoms with Crippen molar-refractivity contribution >= 4 is 17.2 Å². The fourth-order valence-corrected chi connectivity index (χ4v) is 3.98. The van der Waals surface area contributed by atoms with Crippen LogP contribution in [0.3, 0.4) is 0 Å². The molecule has 0 aliphatic carbocycles. The van der Waals surface area contributed by atoms with Crippen LogP contribution >= 0.6 is 11.3 Å². The molecule has 1 amide bonds. The number of hydrogen-bond acceptors (Lipinski definition) is 3. The number of nitrogens with one attached hydrogen (secondary N) is 1. The molecule has 0 saturated carbocycles. The Morgan fingerprint density at radius 2 is 1.77 bits per heavy atom. The van der Waals surface area contributed by atoms with E-state index in [-0.39, 0.29) is 5.91 Å². The molecule has 1 N–H and O–H groups in total. The molecule has 3 rings (SSSR count). The van der Waals surface area contributed by atoms with Gasteiger partial charge in [-0.1, -0.05) is 54.6 Å². The Balaban J connectivity index is 1.51. The number of benzene rings is 2. The number of rotatable bonds is 7. The number of aryl methyl sites for hydroxylation is 3. The van der Waals surface area contributed by atoms with Crippen molar-refractivity contribution in [3.63, 3.8) is 0 Å². The first kappa shape index (κ1) is 18.3. The highest BCUT2D eigenvalue weighted by Crippen LogP contribution is 2.29. The molecule has 0 aliphatic heterocycles. The molecule has 0 fully saturated rings. The minimum absolute atomic E-state index is 0.103. The fraction of sp³-hybridized carbons (Fsp3) is 0.273. The van der Waals surface area contributed by atoms with E-state index in [2.05, 4.69) is 41.5 Å². The highest BCUT2D eigenvalue weighted by Gasteiger charge is 2.12. The molecule has 26 heavy (non-hydrogen) atoms. The molecule has 0 aliphatic rings. The summed E-state index contributed by atoms with van der Waals surface area (Å²) in [5.41, 5.74) is 4.66. The molecule has 0 unspecified atom stereocenters. The van der Waals surface area contributed by atoms with Crippen molar-refractivity contribution < 1.29 is 4.79 Å². The van der Waals surface area contributed by atoms with Gasteiger partial charge in [0.1, 0.15) is 5.01 Å². The largest absolute Gasteiger partial charge is 0.351 e. The lowest BCUT2D eigenvalue weighted by molar-refractivity contribution is -0.121. The number of carbonyl (C=O) groups is 1. The van der Waals surface area contributed by atoms with Gasteiger partial charge in [0, 0.05) is 16.9 Å². The normalized spacial score (nSPS) is 10.7. The molecule has 0 bridgehead atoms. The summed E-state index contributed by atoms with van der Waals surface area (Å²) in [6.45, 7) is 4.66. The van der Waals surface area contributed by atoms with Gasteiger partial charge in [-0.15, -0.1) is 11.3 Å². The van der Waals surface area contributed by atoms with Crippen molar-refractivity contribution in [2.45, 2.75) is 39.7 Å². The second kappa shape index (κ2) is 8.77. The van der Waals surface area contributed by atoms with Crippen LogP contribution in [0.25, 0.3) is 10.6 Å². The highest BCUT2D eigenvalue weighted by atomic mass is 32.1. The zero-order chi connectivity index (χ0) is 18.4. The Morgan fingerprint density at radius 3 is 2.54 bits per heavy atom. The average molecular weight is 365 g/mol. The topological polar surface area (TPSA) is 42.0 Å². The summed E-state index contributed by atoms with van der Waals surface area (Å²) in [4.78, 5) is 17.9. The van der Waals surface area contributed by atoms with Crippen molar-refractivity contribution in [3.05, 3.63) is 76.3 Å². The molecule has 2 aromatic carbocycles. The first-order valence-electron chi connectivity index (χ1n) is 8.96. The zero-order valence-corrected chi connectivity index (χ0v) is 16.1. The highest BCUT2D eigenvalue weighted by molar-refractivity contribution is 7.15. The lowest BCUT2D eigenvalue weighted by atomic mass is 10.1. The van der Waals surface area contributed by atoms with E-state index >= 15 is 0 Å². The molecule has 0 saturated heterocycles. The predicted molar refractivity (Wildman–Crippen MR) is 108 cm³/mol. The number of thiazole rings is 1. The fourth-order valence-electron chi connectivity index (χ4n) is 2.89. The van der Waals surface area contributed by atoms with E-state index < -0.39 is 0 Å². The Hall–Kier alpha value is -2.46. The van der Waals surface area contributed by atoms with Gasteiger partial charge in [-0.05, 0) is 37.8 Å². The molecule has 3 nitrogen and oxygen atoms in total. The van der Waals surface area contributed by atoms with Crippen LogP contribution < -0.4 is 5.32 Å². The molecule has 1 aromatic heterocycles. The van der Waals surface area contributed by atoms with Gasteiger partial charge in [0.2, 0.25) is 5.91 Å². The third kappa shape index (κ3) is 4.79. The third-order valence-electron chi connectivity index (χ3n) is 4.43. The number of carbonyl (C=O) groups excluding carboxylic acids is 1. The Bertz CT molecular complexity index is 871. The summed E-state index contributed by atoms with van der Waals surface area (Å²) in [5, 5.41) is 4.06. The van der Waals surface area contributed by atoms with Crippen LogP contribution in [0, 0.1) is 13.8 Å². The van der Waals surface area contributed by atoms with Crippen molar-refractivity contribution in [1.29, 1.82) is 0 Å². The molecule has 134 valence electrons. The summed E-state index contributed by atoms with van der Waals surface area (Å²) in [6, 6.07) is 18.6. The van der Waals surface area contributed by atoms with Gasteiger partial charge in [0.15, 0.2) is 0 Å². The first-order chi connectivity index (χ1) is 12.6. The molecule has 0 atom stereocenters. The monoisotopic (exact) mass is 364 g/mol. The second-order valence-electron chi connectivity index (χ2n) is 6.46. The van der Waals surface area contributed by atoms with Gasteiger partial charge in [-0.3, -0.25) is 4.79 Å². The van der Waals surface area contributed by atoms with E-state index in [0.717, 1.165) is 28.4 Å². The molecule has 3 aromatic rings. The molecule has 1 heterocycles. The zero-order valence-electron chi connectivity index (χ0n) is 15.3. The van der Waals surface area contributed by atoms with E-state index in [4.69, 9.17) is 0 Å². The average Bonchev–Trinajstić information content (AvgIpc) is 3.02. The Kier molecular flexibility index (Phi) is 6.18. The van der Waals surface area contributed by atoms with Crippen LogP contribution in [-0.4, -0.2) is 10.9 Å². The SMILES string of the molecule is Cc1ccccc1-c1nc(C)c(CNC(=O)CCCc2ccccc2)s1. The summed E-state index contributed by atoms with van der Waals surface area (Å²) in [7, 11) is 0.